The Balaban J connectivity index is 1.48. The van der Waals surface area contributed by atoms with E-state index in [1.165, 1.54) is 0 Å². The maximum Gasteiger partial charge on any atom is 0.324 e. The molecule has 0 radical (unpaired) electrons. The van der Waals surface area contributed by atoms with Gasteiger partial charge in [-0.3, -0.25) is 14.5 Å². The van der Waals surface area contributed by atoms with Crippen LogP contribution in [-0.2, 0) is 16.0 Å². The smallest absolute Gasteiger partial charge is 0.324 e. The van der Waals surface area contributed by atoms with Crippen LogP contribution in [0.2, 0.25) is 0 Å². The van der Waals surface area contributed by atoms with Gasteiger partial charge in [0.2, 0.25) is 5.91 Å². The average molecular weight is 356 g/mol. The first-order valence-electron chi connectivity index (χ1n) is 8.42. The molecule has 0 saturated carbocycles. The van der Waals surface area contributed by atoms with Crippen LogP contribution in [0.5, 0.6) is 0 Å². The molecule has 4 amide bonds. The normalized spacial score (nSPS) is 16.7. The number of anilines is 1. The van der Waals surface area contributed by atoms with Crippen LogP contribution in [0.1, 0.15) is 24.2 Å². The van der Waals surface area contributed by atoms with Gasteiger partial charge in [-0.15, -0.1) is 0 Å². The molecule has 1 aliphatic heterocycles. The Morgan fingerprint density at radius 1 is 1.31 bits per heavy atom. The van der Waals surface area contributed by atoms with Crippen molar-refractivity contribution in [2.45, 2.75) is 32.2 Å². The van der Waals surface area contributed by atoms with E-state index in [9.17, 15) is 14.4 Å². The molecular weight excluding hydrogens is 336 g/mol. The minimum absolute atomic E-state index is 0.00350. The highest BCUT2D eigenvalue weighted by molar-refractivity contribution is 6.04. The van der Waals surface area contributed by atoms with E-state index in [-0.39, 0.29) is 24.8 Å². The topological polar surface area (TPSA) is 105 Å². The minimum Gasteiger partial charge on any atom is -0.360 e. The number of amides is 4. The number of hydrogen-bond donors (Lipinski definition) is 2. The summed E-state index contributed by atoms with van der Waals surface area (Å²) in [6.07, 6.45) is 1.21. The van der Waals surface area contributed by atoms with Crippen LogP contribution in [-0.4, -0.2) is 40.5 Å². The number of hydrogen-bond acceptors (Lipinski definition) is 5. The van der Waals surface area contributed by atoms with Gasteiger partial charge in [0.25, 0.3) is 5.91 Å². The SMILES string of the molecule is Cc1cc(NC(=O)CCN2C(=O)NC(CCc3ccccc3)C2=O)no1. The molecule has 1 aliphatic rings. The molecule has 1 aromatic heterocycles. The van der Waals surface area contributed by atoms with Crippen molar-refractivity contribution in [2.75, 3.05) is 11.9 Å². The molecule has 0 bridgehead atoms. The molecule has 1 atom stereocenters. The van der Waals surface area contributed by atoms with Crippen molar-refractivity contribution < 1.29 is 18.9 Å². The van der Waals surface area contributed by atoms with E-state index in [0.717, 1.165) is 10.5 Å². The van der Waals surface area contributed by atoms with Crippen molar-refractivity contribution in [3.05, 3.63) is 47.7 Å². The van der Waals surface area contributed by atoms with Crippen molar-refractivity contribution in [3.8, 4) is 0 Å². The van der Waals surface area contributed by atoms with Crippen molar-refractivity contribution in [3.63, 3.8) is 0 Å². The van der Waals surface area contributed by atoms with Crippen molar-refractivity contribution in [1.82, 2.24) is 15.4 Å². The Morgan fingerprint density at radius 3 is 2.77 bits per heavy atom. The Morgan fingerprint density at radius 2 is 2.08 bits per heavy atom. The molecule has 8 heteroatoms. The summed E-state index contributed by atoms with van der Waals surface area (Å²) >= 11 is 0. The number of aromatic nitrogens is 1. The number of carbonyl (C=O) groups excluding carboxylic acids is 3. The summed E-state index contributed by atoms with van der Waals surface area (Å²) in [7, 11) is 0. The maximum absolute atomic E-state index is 12.4. The second-order valence-electron chi connectivity index (χ2n) is 6.14. The van der Waals surface area contributed by atoms with Gasteiger partial charge in [-0.2, -0.15) is 0 Å². The lowest BCUT2D eigenvalue weighted by Gasteiger charge is -2.12. The molecule has 1 saturated heterocycles. The third kappa shape index (κ3) is 4.27. The molecule has 0 spiro atoms. The largest absolute Gasteiger partial charge is 0.360 e. The van der Waals surface area contributed by atoms with Crippen LogP contribution < -0.4 is 10.6 Å². The zero-order chi connectivity index (χ0) is 18.5. The van der Waals surface area contributed by atoms with Crippen LogP contribution in [0.25, 0.3) is 0 Å². The van der Waals surface area contributed by atoms with E-state index < -0.39 is 12.1 Å². The predicted molar refractivity (Wildman–Crippen MR) is 93.3 cm³/mol. The highest BCUT2D eigenvalue weighted by Gasteiger charge is 2.37. The van der Waals surface area contributed by atoms with E-state index in [1.54, 1.807) is 13.0 Å². The Kier molecular flexibility index (Phi) is 5.31. The van der Waals surface area contributed by atoms with Gasteiger partial charge in [-0.1, -0.05) is 35.5 Å². The molecule has 8 nitrogen and oxygen atoms in total. The van der Waals surface area contributed by atoms with E-state index in [1.807, 2.05) is 30.3 Å². The second kappa shape index (κ2) is 7.81. The molecule has 136 valence electrons. The lowest BCUT2D eigenvalue weighted by molar-refractivity contribution is -0.127. The number of urea groups is 1. The molecule has 1 aromatic carbocycles. The van der Waals surface area contributed by atoms with Gasteiger partial charge in [0.05, 0.1) is 0 Å². The number of aryl methyl sites for hydroxylation is 2. The Labute approximate surface area is 150 Å². The van der Waals surface area contributed by atoms with Crippen LogP contribution >= 0.6 is 0 Å². The third-order valence-corrected chi connectivity index (χ3v) is 4.13. The summed E-state index contributed by atoms with van der Waals surface area (Å²) in [6.45, 7) is 1.74. The molecule has 0 aliphatic carbocycles. The Hall–Kier alpha value is -3.16. The molecule has 2 N–H and O–H groups in total. The third-order valence-electron chi connectivity index (χ3n) is 4.13. The lowest BCUT2D eigenvalue weighted by atomic mass is 10.1. The van der Waals surface area contributed by atoms with E-state index in [4.69, 9.17) is 4.52 Å². The second-order valence-corrected chi connectivity index (χ2v) is 6.14. The molecule has 2 heterocycles. The summed E-state index contributed by atoms with van der Waals surface area (Å²) in [5, 5.41) is 8.90. The Bertz CT molecular complexity index is 803. The summed E-state index contributed by atoms with van der Waals surface area (Å²) in [6, 6.07) is 10.3. The number of imide groups is 1. The summed E-state index contributed by atoms with van der Waals surface area (Å²) in [5.41, 5.74) is 1.11. The monoisotopic (exact) mass is 356 g/mol. The van der Waals surface area contributed by atoms with Gasteiger partial charge in [-0.25, -0.2) is 4.79 Å². The fraction of sp³-hybridized carbons (Fsp3) is 0.333. The standard InChI is InChI=1S/C18H20N4O4/c1-12-11-15(21-26-12)20-16(23)9-10-22-17(24)14(19-18(22)25)8-7-13-5-3-2-4-6-13/h2-6,11,14H,7-10H2,1H3,(H,19,25)(H,20,21,23). The van der Waals surface area contributed by atoms with Gasteiger partial charge in [0.1, 0.15) is 11.8 Å². The van der Waals surface area contributed by atoms with Crippen LogP contribution in [0, 0.1) is 6.92 Å². The maximum atomic E-state index is 12.4. The van der Waals surface area contributed by atoms with Crippen LogP contribution in [0.4, 0.5) is 10.6 Å². The molecule has 1 fully saturated rings. The highest BCUT2D eigenvalue weighted by Crippen LogP contribution is 2.14. The molecule has 3 rings (SSSR count). The van der Waals surface area contributed by atoms with Crippen molar-refractivity contribution >= 4 is 23.7 Å². The summed E-state index contributed by atoms with van der Waals surface area (Å²) in [5.74, 6) is 0.253. The first-order valence-corrected chi connectivity index (χ1v) is 8.42. The van der Waals surface area contributed by atoms with E-state index in [2.05, 4.69) is 15.8 Å². The fourth-order valence-corrected chi connectivity index (χ4v) is 2.78. The van der Waals surface area contributed by atoms with Crippen LogP contribution in [0.15, 0.2) is 40.9 Å². The van der Waals surface area contributed by atoms with Crippen molar-refractivity contribution in [1.29, 1.82) is 0 Å². The minimum atomic E-state index is -0.552. The first kappa shape index (κ1) is 17.7. The summed E-state index contributed by atoms with van der Waals surface area (Å²) < 4.78 is 4.86. The number of nitrogens with one attached hydrogen (secondary N) is 2. The van der Waals surface area contributed by atoms with E-state index >= 15 is 0 Å². The molecular formula is C18H20N4O4. The van der Waals surface area contributed by atoms with Gasteiger partial charge in [0.15, 0.2) is 5.82 Å². The summed E-state index contributed by atoms with van der Waals surface area (Å²) in [4.78, 5) is 37.4. The number of nitrogens with zero attached hydrogens (tertiary/aromatic N) is 2. The zero-order valence-corrected chi connectivity index (χ0v) is 14.4. The highest BCUT2D eigenvalue weighted by atomic mass is 16.5. The first-order chi connectivity index (χ1) is 12.5. The molecule has 1 unspecified atom stereocenters. The van der Waals surface area contributed by atoms with Gasteiger partial charge in [-0.05, 0) is 25.3 Å². The fourth-order valence-electron chi connectivity index (χ4n) is 2.78. The predicted octanol–water partition coefficient (Wildman–Crippen LogP) is 1.86. The van der Waals surface area contributed by atoms with Gasteiger partial charge < -0.3 is 15.2 Å². The van der Waals surface area contributed by atoms with E-state index in [0.29, 0.717) is 24.4 Å². The number of rotatable bonds is 7. The quantitative estimate of drug-likeness (QED) is 0.737. The number of benzene rings is 1. The lowest BCUT2D eigenvalue weighted by Crippen LogP contribution is -2.34. The van der Waals surface area contributed by atoms with Gasteiger partial charge in [0, 0.05) is 19.0 Å². The van der Waals surface area contributed by atoms with Crippen LogP contribution in [0.3, 0.4) is 0 Å². The molecule has 26 heavy (non-hydrogen) atoms. The zero-order valence-electron chi connectivity index (χ0n) is 14.4. The molecule has 2 aromatic rings. The van der Waals surface area contributed by atoms with Gasteiger partial charge >= 0.3 is 6.03 Å². The average Bonchev–Trinajstić information content (AvgIpc) is 3.15. The van der Waals surface area contributed by atoms with Crippen molar-refractivity contribution in [2.24, 2.45) is 0 Å². The number of carbonyl (C=O) groups is 3.